The van der Waals surface area contributed by atoms with Crippen LogP contribution in [0.1, 0.15) is 12.8 Å². The molecule has 0 radical (unpaired) electrons. The summed E-state index contributed by atoms with van der Waals surface area (Å²) in [4.78, 5) is 9.01. The Kier molecular flexibility index (Phi) is 3.75. The number of H-pyrrole nitrogens is 1. The minimum atomic E-state index is 0.732. The summed E-state index contributed by atoms with van der Waals surface area (Å²) in [6, 6.07) is 0. The lowest BCUT2D eigenvalue weighted by Crippen LogP contribution is -2.48. The number of nitrogens with zero attached hydrogens (tertiary/aromatic N) is 4. The Morgan fingerprint density at radius 3 is 2.89 bits per heavy atom. The molecule has 6 nitrogen and oxygen atoms in total. The van der Waals surface area contributed by atoms with E-state index < -0.39 is 0 Å². The summed E-state index contributed by atoms with van der Waals surface area (Å²) in [6.07, 6.45) is 4.12. The summed E-state index contributed by atoms with van der Waals surface area (Å²) >= 11 is 0. The van der Waals surface area contributed by atoms with Crippen LogP contribution in [0.5, 0.6) is 0 Å². The maximum absolute atomic E-state index is 5.54. The van der Waals surface area contributed by atoms with Crippen molar-refractivity contribution in [3.8, 4) is 0 Å². The number of rotatable bonds is 3. The largest absolute Gasteiger partial charge is 0.381 e. The van der Waals surface area contributed by atoms with Gasteiger partial charge in [-0.3, -0.25) is 4.90 Å². The third-order valence-corrected chi connectivity index (χ3v) is 3.85. The van der Waals surface area contributed by atoms with Crippen LogP contribution in [-0.4, -0.2) is 66.0 Å². The third kappa shape index (κ3) is 2.81. The third-order valence-electron chi connectivity index (χ3n) is 3.85. The van der Waals surface area contributed by atoms with Crippen molar-refractivity contribution in [2.24, 2.45) is 5.92 Å². The van der Waals surface area contributed by atoms with Crippen molar-refractivity contribution >= 4 is 5.95 Å². The molecule has 1 aromatic rings. The molecular formula is C12H21N5O. The van der Waals surface area contributed by atoms with Gasteiger partial charge in [-0.1, -0.05) is 0 Å². The lowest BCUT2D eigenvalue weighted by atomic mass is 10.0. The Bertz CT molecular complexity index is 341. The zero-order chi connectivity index (χ0) is 12.2. The van der Waals surface area contributed by atoms with Crippen LogP contribution >= 0.6 is 0 Å². The molecule has 3 rings (SSSR count). The maximum Gasteiger partial charge on any atom is 0.221 e. The number of nitrogens with one attached hydrogen (secondary N) is 1. The van der Waals surface area contributed by atoms with Gasteiger partial charge in [0.05, 0.1) is 6.61 Å². The number of aromatic nitrogens is 3. The van der Waals surface area contributed by atoms with Gasteiger partial charge in [0.15, 0.2) is 0 Å². The molecule has 1 atom stereocenters. The fraction of sp³-hybridized carbons (Fsp3) is 0.833. The van der Waals surface area contributed by atoms with Crippen LogP contribution in [0, 0.1) is 5.92 Å². The lowest BCUT2D eigenvalue weighted by molar-refractivity contribution is 0.0376. The summed E-state index contributed by atoms with van der Waals surface area (Å²) in [7, 11) is 0. The van der Waals surface area contributed by atoms with Gasteiger partial charge in [-0.2, -0.15) is 10.1 Å². The monoisotopic (exact) mass is 251 g/mol. The number of aromatic amines is 1. The predicted octanol–water partition coefficient (Wildman–Crippen LogP) is 0.353. The molecule has 2 saturated heterocycles. The quantitative estimate of drug-likeness (QED) is 0.840. The van der Waals surface area contributed by atoms with Crippen LogP contribution in [0.25, 0.3) is 0 Å². The van der Waals surface area contributed by atoms with Crippen molar-refractivity contribution in [2.75, 3.05) is 50.8 Å². The molecule has 1 N–H and O–H groups in total. The molecule has 6 heteroatoms. The first-order chi connectivity index (χ1) is 8.92. The molecule has 0 aliphatic carbocycles. The molecule has 2 fully saturated rings. The zero-order valence-corrected chi connectivity index (χ0v) is 10.7. The van der Waals surface area contributed by atoms with Crippen molar-refractivity contribution in [2.45, 2.75) is 12.8 Å². The highest BCUT2D eigenvalue weighted by Crippen LogP contribution is 2.16. The number of piperazine rings is 1. The summed E-state index contributed by atoms with van der Waals surface area (Å²) in [5, 5.41) is 6.83. The maximum atomic E-state index is 5.54. The Balaban J connectivity index is 1.45. The first kappa shape index (κ1) is 11.9. The molecule has 0 amide bonds. The second kappa shape index (κ2) is 5.67. The van der Waals surface area contributed by atoms with E-state index in [9.17, 15) is 0 Å². The Morgan fingerprint density at radius 2 is 2.22 bits per heavy atom. The van der Waals surface area contributed by atoms with Gasteiger partial charge in [-0.05, 0) is 18.8 Å². The van der Waals surface area contributed by atoms with Crippen molar-refractivity contribution in [3.05, 3.63) is 6.33 Å². The van der Waals surface area contributed by atoms with E-state index in [-0.39, 0.29) is 0 Å². The van der Waals surface area contributed by atoms with E-state index in [1.165, 1.54) is 19.4 Å². The summed E-state index contributed by atoms with van der Waals surface area (Å²) in [6.45, 7) is 7.36. The van der Waals surface area contributed by atoms with Crippen molar-refractivity contribution < 1.29 is 4.74 Å². The fourth-order valence-corrected chi connectivity index (χ4v) is 2.81. The van der Waals surface area contributed by atoms with Gasteiger partial charge in [0.1, 0.15) is 6.33 Å². The van der Waals surface area contributed by atoms with Gasteiger partial charge in [-0.25, -0.2) is 5.10 Å². The van der Waals surface area contributed by atoms with Gasteiger partial charge in [0.25, 0.3) is 0 Å². The standard InChI is InChI=1S/C12H21N5O/c1-2-11(9-18-7-1)8-16-3-5-17(6-4-16)12-13-10-14-15-12/h10-11H,1-9H2,(H,13,14,15). The van der Waals surface area contributed by atoms with Crippen LogP contribution in [0.15, 0.2) is 6.33 Å². The van der Waals surface area contributed by atoms with E-state index in [1.807, 2.05) is 0 Å². The molecule has 2 aliphatic rings. The molecule has 1 unspecified atom stereocenters. The predicted molar refractivity (Wildman–Crippen MR) is 68.6 cm³/mol. The smallest absolute Gasteiger partial charge is 0.221 e. The highest BCUT2D eigenvalue weighted by atomic mass is 16.5. The van der Waals surface area contributed by atoms with Gasteiger partial charge >= 0.3 is 0 Å². The van der Waals surface area contributed by atoms with Crippen LogP contribution in [0.2, 0.25) is 0 Å². The van der Waals surface area contributed by atoms with E-state index in [4.69, 9.17) is 4.74 Å². The first-order valence-corrected chi connectivity index (χ1v) is 6.82. The number of ether oxygens (including phenoxy) is 1. The lowest BCUT2D eigenvalue weighted by Gasteiger charge is -2.36. The van der Waals surface area contributed by atoms with E-state index in [2.05, 4.69) is 25.0 Å². The van der Waals surface area contributed by atoms with E-state index >= 15 is 0 Å². The van der Waals surface area contributed by atoms with Gasteiger partial charge in [0.2, 0.25) is 5.95 Å². The van der Waals surface area contributed by atoms with Crippen molar-refractivity contribution in [1.29, 1.82) is 0 Å². The molecule has 0 spiro atoms. The molecule has 0 saturated carbocycles. The molecule has 0 aromatic carbocycles. The Morgan fingerprint density at radius 1 is 1.33 bits per heavy atom. The fourth-order valence-electron chi connectivity index (χ4n) is 2.81. The highest BCUT2D eigenvalue weighted by Gasteiger charge is 2.22. The molecule has 3 heterocycles. The van der Waals surface area contributed by atoms with Crippen LogP contribution in [0.3, 0.4) is 0 Å². The topological polar surface area (TPSA) is 57.3 Å². The van der Waals surface area contributed by atoms with Gasteiger partial charge < -0.3 is 9.64 Å². The van der Waals surface area contributed by atoms with Crippen LogP contribution < -0.4 is 4.90 Å². The minimum Gasteiger partial charge on any atom is -0.381 e. The van der Waals surface area contributed by atoms with Crippen LogP contribution in [0.4, 0.5) is 5.95 Å². The zero-order valence-electron chi connectivity index (χ0n) is 10.7. The average molecular weight is 251 g/mol. The Labute approximate surface area is 107 Å². The number of anilines is 1. The highest BCUT2D eigenvalue weighted by molar-refractivity contribution is 5.27. The molecule has 1 aromatic heterocycles. The molecule has 2 aliphatic heterocycles. The normalized spacial score (nSPS) is 26.4. The SMILES string of the molecule is c1n[nH]c(N2CCN(CC3CCCOC3)CC2)n1. The van der Waals surface area contributed by atoms with E-state index in [0.717, 1.165) is 51.3 Å². The second-order valence-electron chi connectivity index (χ2n) is 5.18. The van der Waals surface area contributed by atoms with E-state index in [1.54, 1.807) is 6.33 Å². The molecular weight excluding hydrogens is 230 g/mol. The molecule has 0 bridgehead atoms. The number of hydrogen-bond acceptors (Lipinski definition) is 5. The van der Waals surface area contributed by atoms with E-state index in [0.29, 0.717) is 0 Å². The van der Waals surface area contributed by atoms with Crippen LogP contribution in [-0.2, 0) is 4.74 Å². The Hall–Kier alpha value is -1.14. The summed E-state index contributed by atoms with van der Waals surface area (Å²) < 4.78 is 5.54. The summed E-state index contributed by atoms with van der Waals surface area (Å²) in [5.41, 5.74) is 0. The minimum absolute atomic E-state index is 0.732. The van der Waals surface area contributed by atoms with Gasteiger partial charge in [-0.15, -0.1) is 0 Å². The number of hydrogen-bond donors (Lipinski definition) is 1. The molecule has 100 valence electrons. The first-order valence-electron chi connectivity index (χ1n) is 6.82. The van der Waals surface area contributed by atoms with Crippen molar-refractivity contribution in [3.63, 3.8) is 0 Å². The van der Waals surface area contributed by atoms with Gasteiger partial charge in [0, 0.05) is 39.3 Å². The summed E-state index contributed by atoms with van der Waals surface area (Å²) in [5.74, 6) is 1.63. The average Bonchev–Trinajstić information content (AvgIpc) is 2.95. The second-order valence-corrected chi connectivity index (χ2v) is 5.18. The molecule has 18 heavy (non-hydrogen) atoms. The van der Waals surface area contributed by atoms with Crippen molar-refractivity contribution in [1.82, 2.24) is 20.1 Å².